The molecule has 4 aliphatic rings. The number of epoxide rings is 1. The molecule has 2 bridgehead atoms. The first-order valence-electron chi connectivity index (χ1n) is 5.26. The minimum absolute atomic E-state index is 0.351. The van der Waals surface area contributed by atoms with Gasteiger partial charge in [0.25, 0.3) is 0 Å². The predicted octanol–water partition coefficient (Wildman–Crippen LogP) is 0.786. The summed E-state index contributed by atoms with van der Waals surface area (Å²) < 4.78 is 5.17. The summed E-state index contributed by atoms with van der Waals surface area (Å²) in [5, 5.41) is 0. The van der Waals surface area contributed by atoms with Gasteiger partial charge in [0.2, 0.25) is 5.91 Å². The van der Waals surface area contributed by atoms with E-state index in [9.17, 15) is 4.79 Å². The Bertz CT molecular complexity index is 229. The summed E-state index contributed by atoms with van der Waals surface area (Å²) in [5.74, 6) is 0.752. The highest BCUT2D eigenvalue weighted by atomic mass is 16.6. The van der Waals surface area contributed by atoms with Crippen molar-refractivity contribution in [3.05, 3.63) is 0 Å². The minimum Gasteiger partial charge on any atom is -0.371 e. The van der Waals surface area contributed by atoms with Crippen molar-refractivity contribution in [1.29, 1.82) is 0 Å². The molecule has 3 saturated heterocycles. The van der Waals surface area contributed by atoms with Gasteiger partial charge in [-0.05, 0) is 25.7 Å². The van der Waals surface area contributed by atoms with Crippen LogP contribution in [-0.4, -0.2) is 36.1 Å². The second-order valence-corrected chi connectivity index (χ2v) is 4.45. The van der Waals surface area contributed by atoms with E-state index in [1.165, 1.54) is 12.8 Å². The van der Waals surface area contributed by atoms with E-state index in [4.69, 9.17) is 4.74 Å². The fourth-order valence-electron chi connectivity index (χ4n) is 2.68. The van der Waals surface area contributed by atoms with Gasteiger partial charge in [0.05, 0.1) is 12.7 Å². The van der Waals surface area contributed by atoms with Gasteiger partial charge in [0, 0.05) is 18.5 Å². The molecule has 1 aliphatic carbocycles. The third-order valence-electron chi connectivity index (χ3n) is 3.57. The molecule has 0 spiro atoms. The molecule has 0 radical (unpaired) electrons. The largest absolute Gasteiger partial charge is 0.371 e. The van der Waals surface area contributed by atoms with E-state index in [-0.39, 0.29) is 0 Å². The molecular formula is C10H15NO2. The third-order valence-corrected chi connectivity index (χ3v) is 3.57. The number of fused-ring (bicyclic) bond motifs is 3. The number of carbonyl (C=O) groups excluding carboxylic acids is 1. The van der Waals surface area contributed by atoms with Crippen molar-refractivity contribution in [2.75, 3.05) is 13.2 Å². The molecule has 0 aromatic rings. The SMILES string of the molecule is O=C1C2CCC(CC2)N1C[C@@H]1CO1. The molecule has 4 fully saturated rings. The van der Waals surface area contributed by atoms with Crippen LogP contribution in [0.2, 0.25) is 0 Å². The molecule has 1 saturated carbocycles. The van der Waals surface area contributed by atoms with Gasteiger partial charge in [-0.1, -0.05) is 0 Å². The lowest BCUT2D eigenvalue weighted by Crippen LogP contribution is -2.53. The first kappa shape index (κ1) is 7.80. The first-order valence-corrected chi connectivity index (χ1v) is 5.26. The molecule has 72 valence electrons. The van der Waals surface area contributed by atoms with E-state index in [1.807, 2.05) is 0 Å². The summed E-state index contributed by atoms with van der Waals surface area (Å²) in [6.07, 6.45) is 5.08. The van der Waals surface area contributed by atoms with Crippen LogP contribution < -0.4 is 0 Å². The number of nitrogens with zero attached hydrogens (tertiary/aromatic N) is 1. The standard InChI is InChI=1S/C10H15NO2/c12-10-7-1-3-8(4-2-7)11(10)5-9-6-13-9/h7-9H,1-6H2/t7?,8?,9-/m1/s1. The van der Waals surface area contributed by atoms with Gasteiger partial charge >= 0.3 is 0 Å². The topological polar surface area (TPSA) is 32.8 Å². The molecule has 0 unspecified atom stereocenters. The fraction of sp³-hybridized carbons (Fsp3) is 0.900. The van der Waals surface area contributed by atoms with E-state index >= 15 is 0 Å². The summed E-state index contributed by atoms with van der Waals surface area (Å²) in [6, 6.07) is 0.543. The highest BCUT2D eigenvalue weighted by Crippen LogP contribution is 2.36. The highest BCUT2D eigenvalue weighted by molar-refractivity contribution is 5.80. The number of piperidine rings is 2. The zero-order valence-corrected chi connectivity index (χ0v) is 7.74. The second-order valence-electron chi connectivity index (χ2n) is 4.45. The second kappa shape index (κ2) is 2.71. The van der Waals surface area contributed by atoms with Crippen molar-refractivity contribution in [2.45, 2.75) is 37.8 Å². The Hall–Kier alpha value is -0.570. The molecule has 1 atom stereocenters. The van der Waals surface area contributed by atoms with Crippen molar-refractivity contribution < 1.29 is 9.53 Å². The lowest BCUT2D eigenvalue weighted by atomic mass is 9.79. The van der Waals surface area contributed by atoms with Crippen molar-refractivity contribution in [2.24, 2.45) is 5.92 Å². The van der Waals surface area contributed by atoms with Gasteiger partial charge in [-0.25, -0.2) is 0 Å². The van der Waals surface area contributed by atoms with E-state index in [0.717, 1.165) is 26.0 Å². The summed E-state index contributed by atoms with van der Waals surface area (Å²) in [7, 11) is 0. The van der Waals surface area contributed by atoms with Crippen LogP contribution in [0.4, 0.5) is 0 Å². The number of carbonyl (C=O) groups is 1. The molecule has 4 rings (SSSR count). The fourth-order valence-corrected chi connectivity index (χ4v) is 2.68. The Morgan fingerprint density at radius 3 is 2.54 bits per heavy atom. The highest BCUT2D eigenvalue weighted by Gasteiger charge is 2.42. The maximum absolute atomic E-state index is 11.8. The Morgan fingerprint density at radius 1 is 1.31 bits per heavy atom. The van der Waals surface area contributed by atoms with Crippen LogP contribution in [0.15, 0.2) is 0 Å². The summed E-state index contributed by atoms with van der Waals surface area (Å²) >= 11 is 0. The van der Waals surface area contributed by atoms with Gasteiger partial charge in [0.15, 0.2) is 0 Å². The van der Waals surface area contributed by atoms with Crippen LogP contribution in [0.3, 0.4) is 0 Å². The molecule has 3 heteroatoms. The summed E-state index contributed by atoms with van der Waals surface area (Å²) in [6.45, 7) is 1.72. The van der Waals surface area contributed by atoms with E-state index in [2.05, 4.69) is 4.90 Å². The van der Waals surface area contributed by atoms with Crippen LogP contribution in [0.25, 0.3) is 0 Å². The Morgan fingerprint density at radius 2 is 2.00 bits per heavy atom. The number of ether oxygens (including phenoxy) is 1. The van der Waals surface area contributed by atoms with Gasteiger partial charge in [-0.3, -0.25) is 4.79 Å². The normalized spacial score (nSPS) is 42.6. The van der Waals surface area contributed by atoms with Crippen LogP contribution in [0.5, 0.6) is 0 Å². The molecule has 13 heavy (non-hydrogen) atoms. The van der Waals surface area contributed by atoms with Crippen LogP contribution in [0.1, 0.15) is 25.7 Å². The van der Waals surface area contributed by atoms with Crippen LogP contribution in [0, 0.1) is 5.92 Å². The average molecular weight is 181 g/mol. The maximum atomic E-state index is 11.8. The molecule has 3 heterocycles. The number of rotatable bonds is 2. The molecule has 0 aromatic carbocycles. The number of amides is 1. The van der Waals surface area contributed by atoms with Crippen molar-refractivity contribution in [3.8, 4) is 0 Å². The van der Waals surface area contributed by atoms with Crippen LogP contribution in [-0.2, 0) is 9.53 Å². The van der Waals surface area contributed by atoms with Crippen molar-refractivity contribution in [3.63, 3.8) is 0 Å². The Balaban J connectivity index is 1.73. The predicted molar refractivity (Wildman–Crippen MR) is 47.2 cm³/mol. The van der Waals surface area contributed by atoms with Gasteiger partial charge < -0.3 is 9.64 Å². The molecular weight excluding hydrogens is 166 g/mol. The molecule has 3 aliphatic heterocycles. The molecule has 1 amide bonds. The number of hydrogen-bond donors (Lipinski definition) is 0. The van der Waals surface area contributed by atoms with E-state index in [0.29, 0.717) is 24.0 Å². The summed E-state index contributed by atoms with van der Waals surface area (Å²) in [5.41, 5.74) is 0. The van der Waals surface area contributed by atoms with Crippen LogP contribution >= 0.6 is 0 Å². The van der Waals surface area contributed by atoms with E-state index < -0.39 is 0 Å². The molecule has 0 aromatic heterocycles. The van der Waals surface area contributed by atoms with Gasteiger partial charge in [-0.2, -0.15) is 0 Å². The maximum Gasteiger partial charge on any atom is 0.226 e. The Labute approximate surface area is 78.0 Å². The minimum atomic E-state index is 0.351. The molecule has 3 nitrogen and oxygen atoms in total. The van der Waals surface area contributed by atoms with Gasteiger partial charge in [-0.15, -0.1) is 0 Å². The average Bonchev–Trinajstić information content (AvgIpc) is 2.96. The molecule has 0 N–H and O–H groups in total. The Kier molecular flexibility index (Phi) is 1.62. The quantitative estimate of drug-likeness (QED) is 0.590. The zero-order valence-electron chi connectivity index (χ0n) is 7.74. The van der Waals surface area contributed by atoms with Crippen molar-refractivity contribution in [1.82, 2.24) is 4.90 Å². The lowest BCUT2D eigenvalue weighted by Gasteiger charge is -2.44. The first-order chi connectivity index (χ1) is 6.34. The number of hydrogen-bond acceptors (Lipinski definition) is 2. The smallest absolute Gasteiger partial charge is 0.226 e. The zero-order chi connectivity index (χ0) is 8.84. The van der Waals surface area contributed by atoms with Gasteiger partial charge in [0.1, 0.15) is 0 Å². The van der Waals surface area contributed by atoms with E-state index in [1.54, 1.807) is 0 Å². The van der Waals surface area contributed by atoms with Crippen molar-refractivity contribution >= 4 is 5.91 Å². The lowest BCUT2D eigenvalue weighted by molar-refractivity contribution is -0.147. The monoisotopic (exact) mass is 181 g/mol. The third kappa shape index (κ3) is 1.26. The summed E-state index contributed by atoms with van der Waals surface area (Å²) in [4.78, 5) is 13.9.